The number of esters is 1. The lowest BCUT2D eigenvalue weighted by Crippen LogP contribution is -2.30. The molecular weight excluding hydrogens is 668 g/mol. The Morgan fingerprint density at radius 2 is 1.61 bits per heavy atom. The number of aryl methyl sites for hydroxylation is 1. The predicted octanol–water partition coefficient (Wildman–Crippen LogP) is 7.27. The second-order valence-electron chi connectivity index (χ2n) is 10.1. The molecule has 3 aromatic carbocycles. The molecule has 0 bridgehead atoms. The molecule has 5 rings (SSSR count). The number of benzene rings is 3. The smallest absolute Gasteiger partial charge is 0.343 e. The fraction of sp³-hybridized carbons (Fsp3) is 0.152. The average molecular weight is 696 g/mol. The molecule has 0 N–H and O–H groups in total. The van der Waals surface area contributed by atoms with Gasteiger partial charge in [-0.3, -0.25) is 4.79 Å². The molecule has 8 nitrogen and oxygen atoms in total. The molecule has 11 heteroatoms. The van der Waals surface area contributed by atoms with Crippen molar-refractivity contribution in [2.24, 2.45) is 0 Å². The summed E-state index contributed by atoms with van der Waals surface area (Å²) in [5.74, 6) is -0.581. The van der Waals surface area contributed by atoms with Gasteiger partial charge in [-0.25, -0.2) is 13.2 Å². The third kappa shape index (κ3) is 6.58. The van der Waals surface area contributed by atoms with Gasteiger partial charge in [0.1, 0.15) is 17.1 Å². The van der Waals surface area contributed by atoms with Crippen LogP contribution < -0.4 is 4.90 Å². The number of allylic oxidation sites excluding steroid dienone is 2. The number of hydrogen-bond donors (Lipinski definition) is 0. The summed E-state index contributed by atoms with van der Waals surface area (Å²) in [6, 6.07) is 24.2. The normalized spacial score (nSPS) is 14.6. The van der Waals surface area contributed by atoms with Crippen LogP contribution in [0.1, 0.15) is 29.6 Å². The first-order valence-electron chi connectivity index (χ1n) is 13.5. The molecule has 0 fully saturated rings. The van der Waals surface area contributed by atoms with Crippen LogP contribution in [-0.2, 0) is 37.4 Å². The SMILES string of the molecule is COC(=O)C1=C(C)N(c2ccc(Br)cc2)/C(=C/c2ccc(CN(Cc3ccc(Cl)cc3)S(=O)(=O)c3ccc(C)cc3)o2)C1=O. The quantitative estimate of drug-likeness (QED) is 0.103. The Morgan fingerprint density at radius 1 is 0.955 bits per heavy atom. The van der Waals surface area contributed by atoms with Crippen LogP contribution in [-0.4, -0.2) is 31.6 Å². The van der Waals surface area contributed by atoms with Gasteiger partial charge in [0.15, 0.2) is 0 Å². The molecule has 0 saturated carbocycles. The van der Waals surface area contributed by atoms with Crippen LogP contribution in [0, 0.1) is 6.92 Å². The Bertz CT molecular complexity index is 1880. The lowest BCUT2D eigenvalue weighted by atomic mass is 10.1. The van der Waals surface area contributed by atoms with E-state index in [4.69, 9.17) is 20.8 Å². The maximum Gasteiger partial charge on any atom is 0.343 e. The number of halogens is 2. The zero-order chi connectivity index (χ0) is 31.6. The minimum atomic E-state index is -3.92. The van der Waals surface area contributed by atoms with Crippen molar-refractivity contribution >= 4 is 61.1 Å². The number of ketones is 1. The molecule has 0 radical (unpaired) electrons. The van der Waals surface area contributed by atoms with Gasteiger partial charge in [0, 0.05) is 33.5 Å². The number of carbonyl (C=O) groups excluding carboxylic acids is 2. The van der Waals surface area contributed by atoms with Crippen molar-refractivity contribution in [1.29, 1.82) is 0 Å². The monoisotopic (exact) mass is 694 g/mol. The summed E-state index contributed by atoms with van der Waals surface area (Å²) < 4.78 is 40.7. The standard InChI is InChI=1S/C33H28BrClN2O6S/c1-21-4-16-29(17-5-21)44(40,41)36(19-23-6-10-25(35)11-7-23)20-28-15-14-27(43-28)18-30-32(38)31(33(39)42-3)22(2)37(30)26-12-8-24(34)9-13-26/h4-18H,19-20H2,1-3H3/b30-18+. The topological polar surface area (TPSA) is 97.1 Å². The van der Waals surface area contributed by atoms with Crippen molar-refractivity contribution in [1.82, 2.24) is 4.31 Å². The van der Waals surface area contributed by atoms with Crippen LogP contribution >= 0.6 is 27.5 Å². The summed E-state index contributed by atoms with van der Waals surface area (Å²) >= 11 is 9.47. The number of sulfonamides is 1. The zero-order valence-electron chi connectivity index (χ0n) is 24.1. The number of rotatable bonds is 9. The summed E-state index contributed by atoms with van der Waals surface area (Å²) in [7, 11) is -2.70. The van der Waals surface area contributed by atoms with E-state index in [0.29, 0.717) is 27.9 Å². The van der Waals surface area contributed by atoms with E-state index >= 15 is 0 Å². The molecule has 226 valence electrons. The van der Waals surface area contributed by atoms with Crippen LogP contribution in [0.3, 0.4) is 0 Å². The van der Waals surface area contributed by atoms with Crippen LogP contribution in [0.25, 0.3) is 6.08 Å². The van der Waals surface area contributed by atoms with Crippen molar-refractivity contribution in [3.63, 3.8) is 0 Å². The third-order valence-electron chi connectivity index (χ3n) is 7.10. The molecule has 0 saturated heterocycles. The Morgan fingerprint density at radius 3 is 2.25 bits per heavy atom. The van der Waals surface area contributed by atoms with Crippen molar-refractivity contribution < 1.29 is 27.2 Å². The fourth-order valence-corrected chi connectivity index (χ4v) is 6.61. The van der Waals surface area contributed by atoms with Gasteiger partial charge >= 0.3 is 5.97 Å². The highest BCUT2D eigenvalue weighted by Crippen LogP contribution is 2.36. The fourth-order valence-electron chi connectivity index (χ4n) is 4.83. The van der Waals surface area contributed by atoms with Gasteiger partial charge in [-0.05, 0) is 80.1 Å². The molecule has 2 heterocycles. The van der Waals surface area contributed by atoms with E-state index in [-0.39, 0.29) is 29.3 Å². The number of methoxy groups -OCH3 is 1. The summed E-state index contributed by atoms with van der Waals surface area (Å²) in [6.07, 6.45) is 1.53. The number of carbonyl (C=O) groups is 2. The molecule has 1 aromatic heterocycles. The number of Topliss-reactive ketones (excluding diaryl/α,β-unsaturated/α-hetero) is 1. The van der Waals surface area contributed by atoms with Gasteiger partial charge in [-0.2, -0.15) is 4.31 Å². The molecule has 0 unspecified atom stereocenters. The first-order valence-corrected chi connectivity index (χ1v) is 16.1. The van der Waals surface area contributed by atoms with Gasteiger partial charge in [-0.15, -0.1) is 0 Å². The number of nitrogens with zero attached hydrogens (tertiary/aromatic N) is 2. The van der Waals surface area contributed by atoms with Gasteiger partial charge < -0.3 is 14.1 Å². The number of hydrogen-bond acceptors (Lipinski definition) is 7. The summed E-state index contributed by atoms with van der Waals surface area (Å²) in [6.45, 7) is 3.56. The van der Waals surface area contributed by atoms with Gasteiger partial charge in [0.05, 0.1) is 24.2 Å². The largest absolute Gasteiger partial charge is 0.465 e. The Kier molecular flexibility index (Phi) is 9.26. The summed E-state index contributed by atoms with van der Waals surface area (Å²) in [4.78, 5) is 27.8. The number of ether oxygens (including phenoxy) is 1. The maximum absolute atomic E-state index is 13.8. The third-order valence-corrected chi connectivity index (χ3v) is 9.68. The van der Waals surface area contributed by atoms with Crippen molar-refractivity contribution in [3.8, 4) is 0 Å². The number of anilines is 1. The highest BCUT2D eigenvalue weighted by molar-refractivity contribution is 9.10. The van der Waals surface area contributed by atoms with Crippen LogP contribution in [0.5, 0.6) is 0 Å². The molecule has 44 heavy (non-hydrogen) atoms. The molecule has 0 spiro atoms. The molecule has 1 aliphatic heterocycles. The lowest BCUT2D eigenvalue weighted by Gasteiger charge is -2.22. The van der Waals surface area contributed by atoms with Crippen LogP contribution in [0.4, 0.5) is 5.69 Å². The molecule has 0 amide bonds. The average Bonchev–Trinajstić information content (AvgIpc) is 3.54. The van der Waals surface area contributed by atoms with Crippen molar-refractivity contribution in [2.75, 3.05) is 12.0 Å². The highest BCUT2D eigenvalue weighted by Gasteiger charge is 2.38. The van der Waals surface area contributed by atoms with E-state index in [0.717, 1.165) is 15.6 Å². The van der Waals surface area contributed by atoms with Gasteiger partial charge in [-0.1, -0.05) is 57.4 Å². The van der Waals surface area contributed by atoms with Gasteiger partial charge in [0.2, 0.25) is 15.8 Å². The molecule has 0 atom stereocenters. The first kappa shape index (κ1) is 31.5. The highest BCUT2D eigenvalue weighted by atomic mass is 79.9. The lowest BCUT2D eigenvalue weighted by molar-refractivity contribution is -0.137. The van der Waals surface area contributed by atoms with Crippen LogP contribution in [0.2, 0.25) is 5.02 Å². The van der Waals surface area contributed by atoms with E-state index < -0.39 is 21.8 Å². The van der Waals surface area contributed by atoms with E-state index in [2.05, 4.69) is 15.9 Å². The first-order chi connectivity index (χ1) is 21.0. The predicted molar refractivity (Wildman–Crippen MR) is 172 cm³/mol. The molecule has 4 aromatic rings. The minimum Gasteiger partial charge on any atom is -0.465 e. The summed E-state index contributed by atoms with van der Waals surface area (Å²) in [5.41, 5.74) is 2.88. The number of furan rings is 1. The minimum absolute atomic E-state index is 0.0724. The molecule has 1 aliphatic rings. The van der Waals surface area contributed by atoms with Crippen LogP contribution in [0.15, 0.2) is 116 Å². The van der Waals surface area contributed by atoms with Crippen molar-refractivity contribution in [3.05, 3.63) is 134 Å². The van der Waals surface area contributed by atoms with Gasteiger partial charge in [0.25, 0.3) is 0 Å². The Labute approximate surface area is 269 Å². The Hall–Kier alpha value is -3.96. The summed E-state index contributed by atoms with van der Waals surface area (Å²) in [5, 5.41) is 0.545. The van der Waals surface area contributed by atoms with Crippen molar-refractivity contribution in [2.45, 2.75) is 31.8 Å². The second-order valence-corrected chi connectivity index (χ2v) is 13.4. The van der Waals surface area contributed by atoms with E-state index in [1.807, 2.05) is 31.2 Å². The Balaban J connectivity index is 1.49. The van der Waals surface area contributed by atoms with E-state index in [1.54, 1.807) is 72.5 Å². The van der Waals surface area contributed by atoms with E-state index in [1.165, 1.54) is 17.5 Å². The zero-order valence-corrected chi connectivity index (χ0v) is 27.2. The second kappa shape index (κ2) is 13.0. The maximum atomic E-state index is 13.8. The molecule has 0 aliphatic carbocycles. The molecular formula is C33H28BrClN2O6S. The van der Waals surface area contributed by atoms with E-state index in [9.17, 15) is 18.0 Å².